The Kier molecular flexibility index (Phi) is 22.2. The first-order valence-electron chi connectivity index (χ1n) is 17.3. The summed E-state index contributed by atoms with van der Waals surface area (Å²) in [5.41, 5.74) is 5.26. The third-order valence-corrected chi connectivity index (χ3v) is 7.80. The second-order valence-electron chi connectivity index (χ2n) is 11.9. The maximum atomic E-state index is 6.56. The van der Waals surface area contributed by atoms with Crippen LogP contribution in [0.4, 0.5) is 5.69 Å². The number of nitrogens with zero attached hydrogens (tertiary/aromatic N) is 1. The van der Waals surface area contributed by atoms with Crippen molar-refractivity contribution in [2.45, 2.75) is 113 Å². The Labute approximate surface area is 291 Å². The molecule has 1 N–H and O–H groups in total. The van der Waals surface area contributed by atoms with E-state index in [1.165, 1.54) is 37.9 Å². The van der Waals surface area contributed by atoms with Gasteiger partial charge in [-0.2, -0.15) is 0 Å². The van der Waals surface area contributed by atoms with Gasteiger partial charge in [0.2, 0.25) is 0 Å². The summed E-state index contributed by atoms with van der Waals surface area (Å²) < 4.78 is 11.5. The first-order chi connectivity index (χ1) is 22.1. The molecule has 0 saturated heterocycles. The summed E-state index contributed by atoms with van der Waals surface area (Å²) in [6.45, 7) is 22.3. The smallest absolute Gasteiger partial charge is 0.121 e. The zero-order valence-electron chi connectivity index (χ0n) is 30.0. The zero-order chi connectivity index (χ0) is 34.3. The minimum absolute atomic E-state index is 0.129. The second kappa shape index (κ2) is 24.6. The second-order valence-corrected chi connectivity index (χ2v) is 12.8. The molecule has 3 aromatic rings. The Morgan fingerprint density at radius 3 is 2.13 bits per heavy atom. The SMILES string of the molecule is CCCNCCC(C)CC.CCCOc1ccc(C(CCC)=Nc2cc(OC(C)C)ccc2C)c(Cl)c1.CCc1cccc(Cl)c1. The normalized spacial score (nSPS) is 11.7. The van der Waals surface area contributed by atoms with Gasteiger partial charge in [0.25, 0.3) is 0 Å². The van der Waals surface area contributed by atoms with Crippen molar-refractivity contribution in [2.75, 3.05) is 19.7 Å². The fourth-order valence-electron chi connectivity index (χ4n) is 4.34. The number of halogens is 2. The highest BCUT2D eigenvalue weighted by Crippen LogP contribution is 2.30. The Morgan fingerprint density at radius 2 is 1.57 bits per heavy atom. The van der Waals surface area contributed by atoms with Crippen LogP contribution in [-0.2, 0) is 6.42 Å². The summed E-state index contributed by atoms with van der Waals surface area (Å²) in [6, 6.07) is 19.8. The van der Waals surface area contributed by atoms with Gasteiger partial charge in [-0.1, -0.05) is 95.8 Å². The molecule has 4 nitrogen and oxygen atoms in total. The van der Waals surface area contributed by atoms with Crippen LogP contribution in [0, 0.1) is 12.8 Å². The molecule has 0 amide bonds. The molecule has 0 aliphatic heterocycles. The summed E-state index contributed by atoms with van der Waals surface area (Å²) in [4.78, 5) is 4.95. The Balaban J connectivity index is 0.000000452. The van der Waals surface area contributed by atoms with E-state index in [1.54, 1.807) is 0 Å². The lowest BCUT2D eigenvalue weighted by Crippen LogP contribution is -2.17. The maximum Gasteiger partial charge on any atom is 0.121 e. The van der Waals surface area contributed by atoms with Gasteiger partial charge in [-0.25, -0.2) is 0 Å². The van der Waals surface area contributed by atoms with Crippen molar-refractivity contribution >= 4 is 34.6 Å². The Bertz CT molecular complexity index is 1280. The van der Waals surface area contributed by atoms with E-state index < -0.39 is 0 Å². The molecular weight excluding hydrogens is 611 g/mol. The van der Waals surface area contributed by atoms with Crippen LogP contribution in [-0.4, -0.2) is 31.5 Å². The predicted molar refractivity (Wildman–Crippen MR) is 203 cm³/mol. The quantitative estimate of drug-likeness (QED) is 0.122. The van der Waals surface area contributed by atoms with Crippen LogP contribution in [0.1, 0.15) is 111 Å². The molecule has 0 saturated carbocycles. The van der Waals surface area contributed by atoms with Crippen LogP contribution >= 0.6 is 23.2 Å². The molecule has 1 atom stereocenters. The molecule has 46 heavy (non-hydrogen) atoms. The minimum atomic E-state index is 0.129. The number of rotatable bonds is 16. The van der Waals surface area contributed by atoms with Gasteiger partial charge in [0, 0.05) is 22.4 Å². The highest BCUT2D eigenvalue weighted by Gasteiger charge is 2.11. The van der Waals surface area contributed by atoms with Crippen molar-refractivity contribution in [3.8, 4) is 11.5 Å². The van der Waals surface area contributed by atoms with E-state index in [9.17, 15) is 0 Å². The predicted octanol–water partition coefficient (Wildman–Crippen LogP) is 12.5. The molecule has 0 aliphatic rings. The van der Waals surface area contributed by atoms with E-state index in [4.69, 9.17) is 37.7 Å². The van der Waals surface area contributed by atoms with Gasteiger partial charge in [-0.05, 0) is 119 Å². The molecule has 6 heteroatoms. The number of hydrogen-bond acceptors (Lipinski definition) is 4. The molecule has 3 rings (SSSR count). The number of aliphatic imine (C=N–C) groups is 1. The Morgan fingerprint density at radius 1 is 0.826 bits per heavy atom. The van der Waals surface area contributed by atoms with Gasteiger partial charge in [0.05, 0.1) is 23.4 Å². The van der Waals surface area contributed by atoms with Crippen LogP contribution in [0.25, 0.3) is 0 Å². The molecule has 0 heterocycles. The number of aryl methyl sites for hydroxylation is 2. The largest absolute Gasteiger partial charge is 0.494 e. The van der Waals surface area contributed by atoms with E-state index in [0.717, 1.165) is 70.6 Å². The lowest BCUT2D eigenvalue weighted by atomic mass is 10.0. The van der Waals surface area contributed by atoms with E-state index in [1.807, 2.05) is 68.4 Å². The van der Waals surface area contributed by atoms with Crippen molar-refractivity contribution in [3.05, 3.63) is 87.4 Å². The maximum absolute atomic E-state index is 6.56. The lowest BCUT2D eigenvalue weighted by molar-refractivity contribution is 0.242. The third-order valence-electron chi connectivity index (χ3n) is 7.25. The van der Waals surface area contributed by atoms with Crippen LogP contribution in [0.5, 0.6) is 11.5 Å². The van der Waals surface area contributed by atoms with E-state index in [-0.39, 0.29) is 6.10 Å². The molecule has 256 valence electrons. The molecule has 0 bridgehead atoms. The molecule has 0 spiro atoms. The van der Waals surface area contributed by atoms with Crippen LogP contribution in [0.15, 0.2) is 65.7 Å². The Hall–Kier alpha value is -2.53. The summed E-state index contributed by atoms with van der Waals surface area (Å²) in [5, 5.41) is 4.90. The van der Waals surface area contributed by atoms with E-state index >= 15 is 0 Å². The first-order valence-corrected chi connectivity index (χ1v) is 18.1. The number of hydrogen-bond donors (Lipinski definition) is 1. The van der Waals surface area contributed by atoms with Gasteiger partial charge >= 0.3 is 0 Å². The van der Waals surface area contributed by atoms with Gasteiger partial charge in [-0.15, -0.1) is 0 Å². The van der Waals surface area contributed by atoms with Gasteiger partial charge < -0.3 is 14.8 Å². The molecular formula is C40H60Cl2N2O2. The summed E-state index contributed by atoms with van der Waals surface area (Å²) in [6.07, 6.45) is 7.89. The fraction of sp³-hybridized carbons (Fsp3) is 0.525. The first kappa shape index (κ1) is 41.5. The standard InChI is InChI=1S/C23H30ClNO2.C9H21N.C8H9Cl/c1-6-8-22(20-12-11-18(14-21(20)24)26-13-7-2)25-23-15-19(27-16(3)4)10-9-17(23)5;1-4-7-10-8-6-9(3)5-2;1-2-7-4-3-5-8(9)6-7/h9-12,14-16H,6-8,13H2,1-5H3;9-10H,4-8H2,1-3H3;3-6H,2H2,1H3. The molecule has 0 aliphatic carbocycles. The van der Waals surface area contributed by atoms with Gasteiger partial charge in [-0.3, -0.25) is 4.99 Å². The zero-order valence-corrected chi connectivity index (χ0v) is 31.5. The topological polar surface area (TPSA) is 42.8 Å². The van der Waals surface area contributed by atoms with Crippen molar-refractivity contribution in [1.82, 2.24) is 5.32 Å². The minimum Gasteiger partial charge on any atom is -0.494 e. The number of nitrogens with one attached hydrogen (secondary N) is 1. The average molecular weight is 672 g/mol. The van der Waals surface area contributed by atoms with Crippen molar-refractivity contribution in [2.24, 2.45) is 10.9 Å². The average Bonchev–Trinajstić information content (AvgIpc) is 3.03. The van der Waals surface area contributed by atoms with Gasteiger partial charge in [0.15, 0.2) is 0 Å². The van der Waals surface area contributed by atoms with Crippen LogP contribution in [0.2, 0.25) is 10.0 Å². The highest BCUT2D eigenvalue weighted by atomic mass is 35.5. The van der Waals surface area contributed by atoms with Crippen LogP contribution < -0.4 is 14.8 Å². The lowest BCUT2D eigenvalue weighted by Gasteiger charge is -2.13. The van der Waals surface area contributed by atoms with Crippen LogP contribution in [0.3, 0.4) is 0 Å². The van der Waals surface area contributed by atoms with Crippen molar-refractivity contribution in [3.63, 3.8) is 0 Å². The monoisotopic (exact) mass is 670 g/mol. The summed E-state index contributed by atoms with van der Waals surface area (Å²) in [7, 11) is 0. The molecule has 0 radical (unpaired) electrons. The highest BCUT2D eigenvalue weighted by molar-refractivity contribution is 6.34. The summed E-state index contributed by atoms with van der Waals surface area (Å²) in [5.74, 6) is 2.52. The van der Waals surface area contributed by atoms with Crippen molar-refractivity contribution in [1.29, 1.82) is 0 Å². The summed E-state index contributed by atoms with van der Waals surface area (Å²) >= 11 is 12.3. The fourth-order valence-corrected chi connectivity index (χ4v) is 4.83. The molecule has 0 aromatic heterocycles. The molecule has 1 unspecified atom stereocenters. The molecule has 0 fully saturated rings. The van der Waals surface area contributed by atoms with Gasteiger partial charge in [0.1, 0.15) is 11.5 Å². The third kappa shape index (κ3) is 17.4. The van der Waals surface area contributed by atoms with E-state index in [2.05, 4.69) is 59.8 Å². The number of ether oxygens (including phenoxy) is 2. The van der Waals surface area contributed by atoms with E-state index in [0.29, 0.717) is 11.6 Å². The number of benzene rings is 3. The van der Waals surface area contributed by atoms with Crippen molar-refractivity contribution < 1.29 is 9.47 Å². The molecule has 3 aromatic carbocycles.